The Hall–Kier alpha value is -1.84. The third-order valence-corrected chi connectivity index (χ3v) is 2.45. The van der Waals surface area contributed by atoms with E-state index in [0.717, 1.165) is 17.7 Å². The Morgan fingerprint density at radius 1 is 1.06 bits per heavy atom. The molecule has 1 aromatic rings. The van der Waals surface area contributed by atoms with Crippen molar-refractivity contribution >= 4 is 17.5 Å². The van der Waals surface area contributed by atoms with Crippen molar-refractivity contribution in [2.75, 3.05) is 11.9 Å². The Morgan fingerprint density at radius 3 is 2.28 bits per heavy atom. The maximum atomic E-state index is 11.4. The normalized spacial score (nSPS) is 9.89. The van der Waals surface area contributed by atoms with E-state index in [1.807, 2.05) is 38.1 Å². The fourth-order valence-electron chi connectivity index (χ4n) is 1.60. The van der Waals surface area contributed by atoms with E-state index in [-0.39, 0.29) is 11.8 Å². The van der Waals surface area contributed by atoms with Gasteiger partial charge in [-0.05, 0) is 31.0 Å². The van der Waals surface area contributed by atoms with E-state index in [0.29, 0.717) is 19.4 Å². The smallest absolute Gasteiger partial charge is 0.224 e. The van der Waals surface area contributed by atoms with Gasteiger partial charge in [0.05, 0.1) is 6.42 Å². The van der Waals surface area contributed by atoms with Crippen molar-refractivity contribution in [2.24, 2.45) is 0 Å². The molecule has 4 nitrogen and oxygen atoms in total. The number of rotatable bonds is 6. The quantitative estimate of drug-likeness (QED) is 0.810. The summed E-state index contributed by atoms with van der Waals surface area (Å²) in [7, 11) is 0. The number of amides is 2. The lowest BCUT2D eigenvalue weighted by Crippen LogP contribution is -2.24. The lowest BCUT2D eigenvalue weighted by Gasteiger charge is -2.06. The topological polar surface area (TPSA) is 58.2 Å². The second kappa shape index (κ2) is 7.48. The first-order chi connectivity index (χ1) is 8.65. The molecule has 0 bridgehead atoms. The van der Waals surface area contributed by atoms with Gasteiger partial charge in [-0.25, -0.2) is 0 Å². The Balaban J connectivity index is 2.52. The molecule has 2 amide bonds. The molecule has 0 aliphatic heterocycles. The van der Waals surface area contributed by atoms with E-state index >= 15 is 0 Å². The zero-order valence-corrected chi connectivity index (χ0v) is 11.0. The Bertz CT molecular complexity index is 360. The van der Waals surface area contributed by atoms with E-state index in [1.165, 1.54) is 0 Å². The molecule has 0 heterocycles. The van der Waals surface area contributed by atoms with Crippen LogP contribution in [0.1, 0.15) is 32.3 Å². The molecule has 0 saturated heterocycles. The second-order valence-electron chi connectivity index (χ2n) is 4.13. The summed E-state index contributed by atoms with van der Waals surface area (Å²) in [5.41, 5.74) is 1.71. The third-order valence-electron chi connectivity index (χ3n) is 2.45. The molecule has 0 spiro atoms. The van der Waals surface area contributed by atoms with Crippen LogP contribution in [-0.4, -0.2) is 18.4 Å². The van der Waals surface area contributed by atoms with Crippen LogP contribution in [-0.2, 0) is 16.0 Å². The van der Waals surface area contributed by atoms with E-state index in [2.05, 4.69) is 10.6 Å². The van der Waals surface area contributed by atoms with Crippen molar-refractivity contribution in [3.05, 3.63) is 29.8 Å². The largest absolute Gasteiger partial charge is 0.356 e. The summed E-state index contributed by atoms with van der Waals surface area (Å²) < 4.78 is 0. The van der Waals surface area contributed by atoms with E-state index in [9.17, 15) is 9.59 Å². The number of benzene rings is 1. The van der Waals surface area contributed by atoms with Gasteiger partial charge in [0, 0.05) is 18.7 Å². The first kappa shape index (κ1) is 14.2. The number of anilines is 1. The van der Waals surface area contributed by atoms with Gasteiger partial charge in [-0.3, -0.25) is 9.59 Å². The van der Waals surface area contributed by atoms with Crippen LogP contribution < -0.4 is 10.6 Å². The van der Waals surface area contributed by atoms with Gasteiger partial charge in [-0.1, -0.05) is 19.1 Å². The van der Waals surface area contributed by atoms with Crippen LogP contribution in [0.5, 0.6) is 0 Å². The van der Waals surface area contributed by atoms with Crippen LogP contribution in [0.25, 0.3) is 0 Å². The van der Waals surface area contributed by atoms with E-state index in [1.54, 1.807) is 0 Å². The zero-order chi connectivity index (χ0) is 13.4. The molecule has 18 heavy (non-hydrogen) atoms. The Labute approximate surface area is 108 Å². The van der Waals surface area contributed by atoms with Crippen molar-refractivity contribution in [2.45, 2.75) is 33.1 Å². The molecule has 0 fully saturated rings. The number of carbonyl (C=O) groups is 2. The van der Waals surface area contributed by atoms with Gasteiger partial charge in [0.2, 0.25) is 11.8 Å². The highest BCUT2D eigenvalue weighted by Crippen LogP contribution is 2.10. The number of nitrogens with one attached hydrogen (secondary N) is 2. The molecule has 2 N–H and O–H groups in total. The lowest BCUT2D eigenvalue weighted by molar-refractivity contribution is -0.120. The van der Waals surface area contributed by atoms with Crippen molar-refractivity contribution in [3.63, 3.8) is 0 Å². The first-order valence-electron chi connectivity index (χ1n) is 6.31. The van der Waals surface area contributed by atoms with E-state index in [4.69, 9.17) is 0 Å². The molecule has 1 rings (SSSR count). The highest BCUT2D eigenvalue weighted by Gasteiger charge is 2.03. The number of carbonyl (C=O) groups excluding carboxylic acids is 2. The van der Waals surface area contributed by atoms with Gasteiger partial charge in [0.15, 0.2) is 0 Å². The second-order valence-corrected chi connectivity index (χ2v) is 4.13. The summed E-state index contributed by atoms with van der Waals surface area (Å²) in [5.74, 6) is 0.0363. The van der Waals surface area contributed by atoms with Crippen molar-refractivity contribution in [3.8, 4) is 0 Å². The summed E-state index contributed by atoms with van der Waals surface area (Å²) >= 11 is 0. The third kappa shape index (κ3) is 4.99. The average molecular weight is 248 g/mol. The van der Waals surface area contributed by atoms with Crippen molar-refractivity contribution in [1.82, 2.24) is 5.32 Å². The summed E-state index contributed by atoms with van der Waals surface area (Å²) in [6, 6.07) is 7.36. The summed E-state index contributed by atoms with van der Waals surface area (Å²) in [6.45, 7) is 4.50. The van der Waals surface area contributed by atoms with Crippen molar-refractivity contribution in [1.29, 1.82) is 0 Å². The molecule has 98 valence electrons. The van der Waals surface area contributed by atoms with Gasteiger partial charge in [0.1, 0.15) is 0 Å². The highest BCUT2D eigenvalue weighted by atomic mass is 16.2. The standard InChI is InChI=1S/C14H20N2O2/c1-3-5-13(17)16-12-8-6-11(7-9-12)10-14(18)15-4-2/h6-9H,3-5,10H2,1-2H3,(H,15,18)(H,16,17). The molecule has 0 atom stereocenters. The van der Waals surface area contributed by atoms with Crippen LogP contribution in [0, 0.1) is 0 Å². The molecule has 0 aromatic heterocycles. The molecular weight excluding hydrogens is 228 g/mol. The summed E-state index contributed by atoms with van der Waals surface area (Å²) in [5, 5.41) is 5.56. The monoisotopic (exact) mass is 248 g/mol. The van der Waals surface area contributed by atoms with Crippen molar-refractivity contribution < 1.29 is 9.59 Å². The van der Waals surface area contributed by atoms with Gasteiger partial charge >= 0.3 is 0 Å². The highest BCUT2D eigenvalue weighted by molar-refractivity contribution is 5.90. The van der Waals surface area contributed by atoms with Crippen LogP contribution in [0.15, 0.2) is 24.3 Å². The molecule has 0 aliphatic rings. The minimum absolute atomic E-state index is 0.0141. The van der Waals surface area contributed by atoms with E-state index < -0.39 is 0 Å². The first-order valence-corrected chi connectivity index (χ1v) is 6.31. The summed E-state index contributed by atoms with van der Waals surface area (Å²) in [4.78, 5) is 22.8. The predicted molar refractivity (Wildman–Crippen MR) is 72.4 cm³/mol. The minimum Gasteiger partial charge on any atom is -0.356 e. The van der Waals surface area contributed by atoms with Crippen LogP contribution in [0.4, 0.5) is 5.69 Å². The minimum atomic E-state index is 0.0141. The SMILES string of the molecule is CCCC(=O)Nc1ccc(CC(=O)NCC)cc1. The average Bonchev–Trinajstić information content (AvgIpc) is 2.32. The fourth-order valence-corrected chi connectivity index (χ4v) is 1.60. The molecular formula is C14H20N2O2. The number of likely N-dealkylation sites (N-methyl/N-ethyl adjacent to an activating group) is 1. The lowest BCUT2D eigenvalue weighted by atomic mass is 10.1. The molecule has 4 heteroatoms. The van der Waals surface area contributed by atoms with Gasteiger partial charge in [0.25, 0.3) is 0 Å². The zero-order valence-electron chi connectivity index (χ0n) is 11.0. The molecule has 0 saturated carbocycles. The van der Waals surface area contributed by atoms with Gasteiger partial charge in [-0.15, -0.1) is 0 Å². The number of hydrogen-bond donors (Lipinski definition) is 2. The molecule has 0 aliphatic carbocycles. The number of hydrogen-bond acceptors (Lipinski definition) is 2. The molecule has 1 aromatic carbocycles. The fraction of sp³-hybridized carbons (Fsp3) is 0.429. The van der Waals surface area contributed by atoms with Gasteiger partial charge < -0.3 is 10.6 Å². The van der Waals surface area contributed by atoms with Crippen LogP contribution >= 0.6 is 0 Å². The Morgan fingerprint density at radius 2 is 1.72 bits per heavy atom. The summed E-state index contributed by atoms with van der Waals surface area (Å²) in [6.07, 6.45) is 1.73. The maximum Gasteiger partial charge on any atom is 0.224 e. The van der Waals surface area contributed by atoms with Crippen LogP contribution in [0.2, 0.25) is 0 Å². The molecule has 0 unspecified atom stereocenters. The Kier molecular flexibility index (Phi) is 5.91. The maximum absolute atomic E-state index is 11.4. The van der Waals surface area contributed by atoms with Gasteiger partial charge in [-0.2, -0.15) is 0 Å². The molecule has 0 radical (unpaired) electrons. The van der Waals surface area contributed by atoms with Crippen LogP contribution in [0.3, 0.4) is 0 Å². The predicted octanol–water partition coefficient (Wildman–Crippen LogP) is 2.10.